The molecule has 2 fully saturated rings. The van der Waals surface area contributed by atoms with Gasteiger partial charge in [-0.05, 0) is 55.0 Å². The average Bonchev–Trinajstić information content (AvgIpc) is 3.00. The summed E-state index contributed by atoms with van der Waals surface area (Å²) < 4.78 is 0. The molecule has 3 heterocycles. The Kier molecular flexibility index (Phi) is 4.02. The Morgan fingerprint density at radius 1 is 1.33 bits per heavy atom. The van der Waals surface area contributed by atoms with E-state index in [0.29, 0.717) is 0 Å². The van der Waals surface area contributed by atoms with Gasteiger partial charge < -0.3 is 10.0 Å². The molecule has 2 atom stereocenters. The van der Waals surface area contributed by atoms with Gasteiger partial charge in [0.1, 0.15) is 0 Å². The summed E-state index contributed by atoms with van der Waals surface area (Å²) in [6.07, 6.45) is 4.88. The molecule has 2 aliphatic heterocycles. The molecule has 1 aromatic heterocycles. The number of carboxylic acids is 1. The average molecular weight is 307 g/mol. The third kappa shape index (κ3) is 2.71. The maximum atomic E-state index is 12.9. The summed E-state index contributed by atoms with van der Waals surface area (Å²) in [5.41, 5.74) is 1.14. The molecule has 0 radical (unpaired) electrons. The highest BCUT2D eigenvalue weighted by molar-refractivity contribution is 7.12. The van der Waals surface area contributed by atoms with Crippen LogP contribution in [0.15, 0.2) is 11.4 Å². The Morgan fingerprint density at radius 2 is 2.00 bits per heavy atom. The van der Waals surface area contributed by atoms with E-state index in [0.717, 1.165) is 42.5 Å². The Morgan fingerprint density at radius 3 is 2.57 bits per heavy atom. The fourth-order valence-electron chi connectivity index (χ4n) is 3.95. The summed E-state index contributed by atoms with van der Waals surface area (Å²) in [5.74, 6) is -0.313. The second-order valence-corrected chi connectivity index (χ2v) is 7.08. The van der Waals surface area contributed by atoms with Crippen molar-refractivity contribution in [2.75, 3.05) is 0 Å². The minimum Gasteiger partial charge on any atom is -0.481 e. The van der Waals surface area contributed by atoms with Crippen LogP contribution < -0.4 is 0 Å². The lowest BCUT2D eigenvalue weighted by molar-refractivity contribution is -0.138. The lowest BCUT2D eigenvalue weighted by Crippen LogP contribution is -2.46. The van der Waals surface area contributed by atoms with Gasteiger partial charge in [0.15, 0.2) is 0 Å². The molecule has 2 bridgehead atoms. The van der Waals surface area contributed by atoms with E-state index in [9.17, 15) is 9.59 Å². The maximum Gasteiger partial charge on any atom is 0.303 e. The Bertz CT molecular complexity index is 539. The van der Waals surface area contributed by atoms with Gasteiger partial charge in [0.2, 0.25) is 0 Å². The van der Waals surface area contributed by atoms with Crippen LogP contribution in [-0.2, 0) is 11.2 Å². The maximum absolute atomic E-state index is 12.9. The molecule has 3 rings (SSSR count). The number of carbonyl (C=O) groups excluding carboxylic acids is 1. The van der Waals surface area contributed by atoms with E-state index in [1.54, 1.807) is 0 Å². The molecule has 0 spiro atoms. The first-order valence-electron chi connectivity index (χ1n) is 7.71. The molecule has 2 aliphatic rings. The predicted octanol–water partition coefficient (Wildman–Crippen LogP) is 3.17. The molecule has 1 aromatic rings. The van der Waals surface area contributed by atoms with E-state index in [-0.39, 0.29) is 30.3 Å². The summed E-state index contributed by atoms with van der Waals surface area (Å²) >= 11 is 1.53. The summed E-state index contributed by atoms with van der Waals surface area (Å²) in [6, 6.07) is 2.52. The number of aliphatic carboxylic acids is 1. The van der Waals surface area contributed by atoms with Gasteiger partial charge in [0.25, 0.3) is 5.91 Å². The fraction of sp³-hybridized carbons (Fsp3) is 0.625. The lowest BCUT2D eigenvalue weighted by Gasteiger charge is -2.38. The molecule has 5 heteroatoms. The molecule has 114 valence electrons. The van der Waals surface area contributed by atoms with Gasteiger partial charge in [-0.15, -0.1) is 11.3 Å². The van der Waals surface area contributed by atoms with Gasteiger partial charge in [-0.1, -0.05) is 6.92 Å². The first kappa shape index (κ1) is 14.6. The van der Waals surface area contributed by atoms with Gasteiger partial charge in [-0.2, -0.15) is 0 Å². The third-order valence-electron chi connectivity index (χ3n) is 4.85. The molecule has 1 N–H and O–H groups in total. The molecular weight excluding hydrogens is 286 g/mol. The Labute approximate surface area is 128 Å². The van der Waals surface area contributed by atoms with Crippen molar-refractivity contribution in [1.29, 1.82) is 0 Å². The molecule has 21 heavy (non-hydrogen) atoms. The van der Waals surface area contributed by atoms with Crippen LogP contribution in [0.25, 0.3) is 0 Å². The molecule has 1 amide bonds. The zero-order chi connectivity index (χ0) is 15.0. The SMILES string of the molecule is CCc1ccsc1C(=O)N1C2CCC1CC(CC(=O)O)C2. The van der Waals surface area contributed by atoms with E-state index >= 15 is 0 Å². The second-order valence-electron chi connectivity index (χ2n) is 6.16. The van der Waals surface area contributed by atoms with Crippen molar-refractivity contribution < 1.29 is 14.7 Å². The van der Waals surface area contributed by atoms with E-state index < -0.39 is 5.97 Å². The topological polar surface area (TPSA) is 57.6 Å². The number of hydrogen-bond acceptors (Lipinski definition) is 3. The number of piperidine rings is 1. The number of nitrogens with zero attached hydrogens (tertiary/aromatic N) is 1. The second kappa shape index (κ2) is 5.79. The van der Waals surface area contributed by atoms with Crippen LogP contribution in [0, 0.1) is 5.92 Å². The van der Waals surface area contributed by atoms with Crippen LogP contribution in [-0.4, -0.2) is 34.0 Å². The van der Waals surface area contributed by atoms with E-state index in [2.05, 4.69) is 11.8 Å². The minimum atomic E-state index is -0.717. The Balaban J connectivity index is 1.76. The van der Waals surface area contributed by atoms with Crippen LogP contribution in [0.4, 0.5) is 0 Å². The summed E-state index contributed by atoms with van der Waals surface area (Å²) in [4.78, 5) is 26.7. The van der Waals surface area contributed by atoms with E-state index in [1.807, 2.05) is 11.4 Å². The zero-order valence-corrected chi connectivity index (χ0v) is 13.1. The fourth-order valence-corrected chi connectivity index (χ4v) is 4.89. The number of thiophene rings is 1. The number of carbonyl (C=O) groups is 2. The van der Waals surface area contributed by atoms with Crippen LogP contribution in [0.2, 0.25) is 0 Å². The first-order chi connectivity index (χ1) is 10.1. The summed E-state index contributed by atoms with van der Waals surface area (Å²) in [6.45, 7) is 2.08. The van der Waals surface area contributed by atoms with Crippen molar-refractivity contribution in [3.05, 3.63) is 21.9 Å². The minimum absolute atomic E-state index is 0.170. The van der Waals surface area contributed by atoms with Crippen molar-refractivity contribution in [2.24, 2.45) is 5.92 Å². The number of rotatable bonds is 4. The lowest BCUT2D eigenvalue weighted by atomic mass is 9.88. The molecule has 4 nitrogen and oxygen atoms in total. The normalized spacial score (nSPS) is 27.9. The standard InChI is InChI=1S/C16H21NO3S/c1-2-11-5-6-21-15(11)16(20)17-12-3-4-13(17)8-10(7-12)9-14(18)19/h5-6,10,12-13H,2-4,7-9H2,1H3,(H,18,19). The third-order valence-corrected chi connectivity index (χ3v) is 5.80. The number of amides is 1. The van der Waals surface area contributed by atoms with E-state index in [1.165, 1.54) is 11.3 Å². The zero-order valence-electron chi connectivity index (χ0n) is 12.2. The number of hydrogen-bond donors (Lipinski definition) is 1. The number of carboxylic acid groups (broad SMARTS) is 1. The van der Waals surface area contributed by atoms with Gasteiger partial charge >= 0.3 is 5.97 Å². The van der Waals surface area contributed by atoms with Crippen molar-refractivity contribution in [3.63, 3.8) is 0 Å². The quantitative estimate of drug-likeness (QED) is 0.929. The van der Waals surface area contributed by atoms with Crippen molar-refractivity contribution in [3.8, 4) is 0 Å². The molecule has 0 saturated carbocycles. The van der Waals surface area contributed by atoms with Crippen LogP contribution in [0.5, 0.6) is 0 Å². The molecular formula is C16H21NO3S. The highest BCUT2D eigenvalue weighted by Gasteiger charge is 2.44. The molecule has 0 aliphatic carbocycles. The molecule has 2 unspecified atom stereocenters. The molecule has 0 aromatic carbocycles. The van der Waals surface area contributed by atoms with Gasteiger partial charge in [0.05, 0.1) is 4.88 Å². The van der Waals surface area contributed by atoms with Gasteiger partial charge in [-0.3, -0.25) is 9.59 Å². The predicted molar refractivity (Wildman–Crippen MR) is 81.7 cm³/mol. The van der Waals surface area contributed by atoms with Crippen molar-refractivity contribution in [2.45, 2.75) is 57.5 Å². The monoisotopic (exact) mass is 307 g/mol. The first-order valence-corrected chi connectivity index (χ1v) is 8.59. The summed E-state index contributed by atoms with van der Waals surface area (Å²) in [5, 5.41) is 11.0. The smallest absolute Gasteiger partial charge is 0.303 e. The molecule has 2 saturated heterocycles. The Hall–Kier alpha value is -1.36. The highest BCUT2D eigenvalue weighted by Crippen LogP contribution is 2.41. The summed E-state index contributed by atoms with van der Waals surface area (Å²) in [7, 11) is 0. The number of aryl methyl sites for hydroxylation is 1. The van der Waals surface area contributed by atoms with Crippen molar-refractivity contribution in [1.82, 2.24) is 4.90 Å². The van der Waals surface area contributed by atoms with E-state index in [4.69, 9.17) is 5.11 Å². The largest absolute Gasteiger partial charge is 0.481 e. The van der Waals surface area contributed by atoms with Crippen molar-refractivity contribution >= 4 is 23.2 Å². The van der Waals surface area contributed by atoms with Gasteiger partial charge in [-0.25, -0.2) is 0 Å². The number of fused-ring (bicyclic) bond motifs is 2. The van der Waals surface area contributed by atoms with Crippen LogP contribution in [0.1, 0.15) is 54.3 Å². The highest BCUT2D eigenvalue weighted by atomic mass is 32.1. The van der Waals surface area contributed by atoms with Crippen LogP contribution in [0.3, 0.4) is 0 Å². The van der Waals surface area contributed by atoms with Crippen LogP contribution >= 0.6 is 11.3 Å². The van der Waals surface area contributed by atoms with Gasteiger partial charge in [0, 0.05) is 18.5 Å².